The van der Waals surface area contributed by atoms with E-state index in [0.29, 0.717) is 5.75 Å². The molecule has 0 aliphatic carbocycles. The van der Waals surface area contributed by atoms with E-state index >= 15 is 0 Å². The van der Waals surface area contributed by atoms with Crippen molar-refractivity contribution in [1.29, 1.82) is 0 Å². The largest absolute Gasteiger partial charge is 0.462 e. The highest BCUT2D eigenvalue weighted by Gasteiger charge is 2.69. The summed E-state index contributed by atoms with van der Waals surface area (Å²) in [6, 6.07) is 9.03. The van der Waals surface area contributed by atoms with Gasteiger partial charge in [-0.3, -0.25) is 19.1 Å². The molecule has 2 aliphatic rings. The van der Waals surface area contributed by atoms with Crippen molar-refractivity contribution in [2.24, 2.45) is 0 Å². The third-order valence-corrected chi connectivity index (χ3v) is 8.59. The van der Waals surface area contributed by atoms with Crippen LogP contribution in [0.2, 0.25) is 0 Å². The number of aromatic amines is 1. The zero-order chi connectivity index (χ0) is 27.0. The minimum absolute atomic E-state index is 0.0507. The van der Waals surface area contributed by atoms with E-state index < -0.39 is 53.4 Å². The zero-order valence-corrected chi connectivity index (χ0v) is 22.5. The third kappa shape index (κ3) is 5.58. The van der Waals surface area contributed by atoms with Crippen LogP contribution in [0.15, 0.2) is 52.2 Å². The molecule has 0 radical (unpaired) electrons. The van der Waals surface area contributed by atoms with Crippen molar-refractivity contribution >= 4 is 24.4 Å². The van der Waals surface area contributed by atoms with Gasteiger partial charge in [0.05, 0.1) is 19.3 Å². The van der Waals surface area contributed by atoms with Gasteiger partial charge in [-0.15, -0.1) is 0 Å². The van der Waals surface area contributed by atoms with Crippen molar-refractivity contribution in [3.8, 4) is 5.75 Å². The van der Waals surface area contributed by atoms with Crippen molar-refractivity contribution in [1.82, 2.24) is 14.6 Å². The number of H-pyrrole nitrogens is 1. The molecule has 4 rings (SSSR count). The van der Waals surface area contributed by atoms with E-state index in [0.717, 1.165) is 4.57 Å². The maximum atomic E-state index is 12.5. The van der Waals surface area contributed by atoms with Crippen LogP contribution < -0.4 is 20.9 Å². The second kappa shape index (κ2) is 10.4. The number of rotatable bonds is 10. The zero-order valence-electron chi connectivity index (χ0n) is 20.8. The lowest BCUT2D eigenvalue weighted by atomic mass is 9.92. The minimum atomic E-state index is -3.42. The number of aliphatic hydroxyl groups excluding tert-OH is 1. The van der Waals surface area contributed by atoms with Crippen LogP contribution in [0.3, 0.4) is 0 Å². The molecule has 6 atom stereocenters. The van der Waals surface area contributed by atoms with Gasteiger partial charge in [-0.1, -0.05) is 18.2 Å². The molecule has 1 aromatic carbocycles. The van der Waals surface area contributed by atoms with Gasteiger partial charge >= 0.3 is 18.3 Å². The van der Waals surface area contributed by atoms with E-state index in [4.69, 9.17) is 35.1 Å². The first-order valence-electron chi connectivity index (χ1n) is 11.7. The molecule has 0 amide bonds. The molecule has 2 fully saturated rings. The summed E-state index contributed by atoms with van der Waals surface area (Å²) in [5, 5.41) is 14.1. The molecule has 1 unspecified atom stereocenters. The Balaban J connectivity index is 1.57. The molecule has 14 heteroatoms. The molecule has 3 N–H and O–H groups in total. The normalized spacial score (nSPS) is 29.1. The maximum Gasteiger partial charge on any atom is 0.330 e. The van der Waals surface area contributed by atoms with Crippen molar-refractivity contribution in [2.75, 3.05) is 13.2 Å². The Kier molecular flexibility index (Phi) is 7.78. The number of hydrogen-bond donors (Lipinski definition) is 3. The molecule has 202 valence electrons. The Labute approximate surface area is 218 Å². The highest BCUT2D eigenvalue weighted by molar-refractivity contribution is 8.09. The first kappa shape index (κ1) is 27.6. The van der Waals surface area contributed by atoms with Gasteiger partial charge in [-0.2, -0.15) is 0 Å². The quantitative estimate of drug-likeness (QED) is 0.287. The van der Waals surface area contributed by atoms with E-state index in [1.54, 1.807) is 52.0 Å². The fraction of sp³-hybridized carbons (Fsp3) is 0.522. The predicted molar refractivity (Wildman–Crippen MR) is 136 cm³/mol. The average Bonchev–Trinajstić information content (AvgIpc) is 3.20. The molecule has 2 saturated heterocycles. The standard InChI is InChI=1S/C23H30N3O9PS/c1-14(2)33-18(28)15(3)25-36(37,35-16-8-6-5-7-9-16)32-13-23-12-31-22(4,19(23)29)20(34-23)26-11-10-17(27)24-21(26)30/h5-11,14-15,19-20,29H,12-13H2,1-4H3,(H,25,37)(H,24,27,30)/t15-,19+,20-,22-,23-,36?/m1/s1. The van der Waals surface area contributed by atoms with Gasteiger partial charge in [-0.05, 0) is 51.6 Å². The van der Waals surface area contributed by atoms with Gasteiger partial charge in [0.2, 0.25) is 0 Å². The van der Waals surface area contributed by atoms with Crippen LogP contribution in [-0.4, -0.2) is 63.3 Å². The average molecular weight is 556 g/mol. The van der Waals surface area contributed by atoms with E-state index in [1.807, 2.05) is 6.07 Å². The number of fused-ring (bicyclic) bond motifs is 2. The third-order valence-electron chi connectivity index (χ3n) is 6.11. The molecular weight excluding hydrogens is 525 g/mol. The lowest BCUT2D eigenvalue weighted by Crippen LogP contribution is -2.46. The highest BCUT2D eigenvalue weighted by atomic mass is 32.5. The second-order valence-corrected chi connectivity index (χ2v) is 12.6. The topological polar surface area (TPSA) is 150 Å². The lowest BCUT2D eigenvalue weighted by molar-refractivity contribution is -0.211. The SMILES string of the molecule is CC(C)OC(=O)[C@@H](C)NP(=S)(OC[C@]12CO[C@](C)([C@@H]1O)[C@H](n1ccc(=O)[nH]c1=O)O2)Oc1ccccc1. The summed E-state index contributed by atoms with van der Waals surface area (Å²) in [5.74, 6) is -0.118. The smallest absolute Gasteiger partial charge is 0.330 e. The Morgan fingerprint density at radius 2 is 2.00 bits per heavy atom. The Bertz CT molecular complexity index is 1300. The summed E-state index contributed by atoms with van der Waals surface area (Å²) in [6.07, 6.45) is -1.32. The van der Waals surface area contributed by atoms with Crippen LogP contribution in [0, 0.1) is 0 Å². The Hall–Kier alpha value is -2.38. The summed E-state index contributed by atoms with van der Waals surface area (Å²) >= 11 is 5.74. The number of aliphatic hydroxyl groups is 1. The fourth-order valence-electron chi connectivity index (χ4n) is 4.23. The molecule has 0 saturated carbocycles. The van der Waals surface area contributed by atoms with Crippen molar-refractivity contribution in [2.45, 2.75) is 63.4 Å². The predicted octanol–water partition coefficient (Wildman–Crippen LogP) is 1.20. The molecule has 1 aromatic heterocycles. The Morgan fingerprint density at radius 1 is 1.30 bits per heavy atom. The number of benzene rings is 1. The van der Waals surface area contributed by atoms with E-state index in [9.17, 15) is 19.5 Å². The first-order chi connectivity index (χ1) is 17.4. The summed E-state index contributed by atoms with van der Waals surface area (Å²) < 4.78 is 30.5. The summed E-state index contributed by atoms with van der Waals surface area (Å²) in [7, 11) is 0. The van der Waals surface area contributed by atoms with E-state index in [2.05, 4.69) is 10.1 Å². The molecule has 0 spiro atoms. The molecule has 2 bridgehead atoms. The number of aromatic nitrogens is 2. The number of nitrogens with zero attached hydrogens (tertiary/aromatic N) is 1. The number of carbonyl (C=O) groups is 1. The summed E-state index contributed by atoms with van der Waals surface area (Å²) in [4.78, 5) is 38.5. The molecule has 37 heavy (non-hydrogen) atoms. The van der Waals surface area contributed by atoms with Crippen LogP contribution in [-0.2, 0) is 35.3 Å². The maximum absolute atomic E-state index is 12.5. The van der Waals surface area contributed by atoms with Crippen LogP contribution in [0.1, 0.15) is 33.9 Å². The van der Waals surface area contributed by atoms with Crippen LogP contribution >= 0.6 is 6.64 Å². The molecule has 2 aromatic rings. The number of esters is 1. The minimum Gasteiger partial charge on any atom is -0.462 e. The van der Waals surface area contributed by atoms with Gasteiger partial charge in [0.1, 0.15) is 29.1 Å². The van der Waals surface area contributed by atoms with E-state index in [-0.39, 0.29) is 19.3 Å². The highest BCUT2D eigenvalue weighted by Crippen LogP contribution is 2.54. The molecule has 2 aliphatic heterocycles. The molecule has 12 nitrogen and oxygen atoms in total. The first-order valence-corrected chi connectivity index (χ1v) is 14.3. The number of nitrogens with one attached hydrogen (secondary N) is 2. The van der Waals surface area contributed by atoms with Gasteiger partial charge in [-0.25, -0.2) is 9.88 Å². The molecular formula is C23H30N3O9PS. The van der Waals surface area contributed by atoms with Crippen molar-refractivity contribution < 1.29 is 33.2 Å². The van der Waals surface area contributed by atoms with Crippen molar-refractivity contribution in [3.05, 3.63) is 63.4 Å². The van der Waals surface area contributed by atoms with Gasteiger partial charge < -0.3 is 28.4 Å². The van der Waals surface area contributed by atoms with E-state index in [1.165, 1.54) is 12.3 Å². The lowest BCUT2D eigenvalue weighted by Gasteiger charge is -2.35. The van der Waals surface area contributed by atoms with Crippen molar-refractivity contribution in [3.63, 3.8) is 0 Å². The molecule has 3 heterocycles. The number of ether oxygens (including phenoxy) is 3. The van der Waals surface area contributed by atoms with Gasteiger partial charge in [0.25, 0.3) is 5.56 Å². The van der Waals surface area contributed by atoms with Crippen LogP contribution in [0.25, 0.3) is 0 Å². The van der Waals surface area contributed by atoms with Crippen LogP contribution in [0.5, 0.6) is 5.75 Å². The van der Waals surface area contributed by atoms with Gasteiger partial charge in [0.15, 0.2) is 6.23 Å². The Morgan fingerprint density at radius 3 is 2.65 bits per heavy atom. The summed E-state index contributed by atoms with van der Waals surface area (Å²) in [6.45, 7) is 2.90. The second-order valence-electron chi connectivity index (χ2n) is 9.44. The fourth-order valence-corrected chi connectivity index (χ4v) is 6.67. The summed E-state index contributed by atoms with van der Waals surface area (Å²) in [5.41, 5.74) is -3.99. The van der Waals surface area contributed by atoms with Crippen LogP contribution in [0.4, 0.5) is 0 Å². The number of carbonyl (C=O) groups excluding carboxylic acids is 1. The van der Waals surface area contributed by atoms with Gasteiger partial charge in [0, 0.05) is 12.3 Å². The monoisotopic (exact) mass is 555 g/mol. The number of hydrogen-bond acceptors (Lipinski definition) is 10. The number of para-hydroxylation sites is 1.